The zero-order valence-corrected chi connectivity index (χ0v) is 9.49. The van der Waals surface area contributed by atoms with Crippen molar-refractivity contribution >= 4 is 5.69 Å². The molecule has 3 nitrogen and oxygen atoms in total. The number of benzene rings is 1. The monoisotopic (exact) mass is 207 g/mol. The highest BCUT2D eigenvalue weighted by atomic mass is 16.6. The van der Waals surface area contributed by atoms with Crippen LogP contribution in [0.2, 0.25) is 0 Å². The van der Waals surface area contributed by atoms with E-state index in [2.05, 4.69) is 13.8 Å². The number of nitrogens with zero attached hydrogens (tertiary/aromatic N) is 1. The molecule has 82 valence electrons. The van der Waals surface area contributed by atoms with E-state index in [0.29, 0.717) is 5.92 Å². The average Bonchev–Trinajstić information content (AvgIpc) is 2.16. The van der Waals surface area contributed by atoms with E-state index < -0.39 is 0 Å². The van der Waals surface area contributed by atoms with Gasteiger partial charge in [0.05, 0.1) is 4.92 Å². The Balaban J connectivity index is 2.85. The molecule has 0 atom stereocenters. The van der Waals surface area contributed by atoms with Gasteiger partial charge < -0.3 is 0 Å². The summed E-state index contributed by atoms with van der Waals surface area (Å²) in [6.45, 7) is 6.32. The molecule has 0 spiro atoms. The van der Waals surface area contributed by atoms with Crippen molar-refractivity contribution in [2.24, 2.45) is 5.92 Å². The van der Waals surface area contributed by atoms with E-state index in [-0.39, 0.29) is 10.6 Å². The first-order chi connectivity index (χ1) is 7.00. The number of rotatable bonds is 4. The maximum Gasteiger partial charge on any atom is 0.269 e. The van der Waals surface area contributed by atoms with E-state index in [1.807, 2.05) is 13.0 Å². The van der Waals surface area contributed by atoms with E-state index in [4.69, 9.17) is 0 Å². The summed E-state index contributed by atoms with van der Waals surface area (Å²) in [5.74, 6) is 0.628. The molecule has 0 bridgehead atoms. The minimum absolute atomic E-state index is 0.194. The molecule has 0 radical (unpaired) electrons. The van der Waals surface area contributed by atoms with Crippen LogP contribution in [0.15, 0.2) is 18.2 Å². The lowest BCUT2D eigenvalue weighted by molar-refractivity contribution is -0.384. The van der Waals surface area contributed by atoms with Crippen LogP contribution in [0.25, 0.3) is 0 Å². The van der Waals surface area contributed by atoms with Crippen molar-refractivity contribution in [3.63, 3.8) is 0 Å². The van der Waals surface area contributed by atoms with Gasteiger partial charge in [-0.3, -0.25) is 10.1 Å². The number of hydrogen-bond donors (Lipinski definition) is 0. The average molecular weight is 207 g/mol. The number of hydrogen-bond acceptors (Lipinski definition) is 2. The van der Waals surface area contributed by atoms with Gasteiger partial charge in [-0.25, -0.2) is 0 Å². The van der Waals surface area contributed by atoms with Gasteiger partial charge in [-0.1, -0.05) is 19.9 Å². The third-order valence-electron chi connectivity index (χ3n) is 2.53. The molecule has 15 heavy (non-hydrogen) atoms. The zero-order valence-electron chi connectivity index (χ0n) is 9.49. The van der Waals surface area contributed by atoms with Gasteiger partial charge in [-0.2, -0.15) is 0 Å². The second kappa shape index (κ2) is 4.91. The summed E-state index contributed by atoms with van der Waals surface area (Å²) in [6, 6.07) is 5.08. The first-order valence-corrected chi connectivity index (χ1v) is 5.24. The molecular formula is C12H17NO2. The third-order valence-corrected chi connectivity index (χ3v) is 2.53. The molecule has 0 aliphatic carbocycles. The maximum absolute atomic E-state index is 10.6. The molecule has 0 saturated heterocycles. The van der Waals surface area contributed by atoms with Crippen LogP contribution in [0.3, 0.4) is 0 Å². The fraction of sp³-hybridized carbons (Fsp3) is 0.500. The molecule has 0 aliphatic rings. The SMILES string of the molecule is Cc1ccc([N+](=O)[O-])cc1CCC(C)C. The highest BCUT2D eigenvalue weighted by molar-refractivity contribution is 5.39. The van der Waals surface area contributed by atoms with E-state index in [9.17, 15) is 10.1 Å². The minimum atomic E-state index is -0.335. The molecule has 1 aromatic carbocycles. The predicted octanol–water partition coefficient (Wildman–Crippen LogP) is 3.49. The van der Waals surface area contributed by atoms with Crippen LogP contribution in [0.5, 0.6) is 0 Å². The number of nitro groups is 1. The van der Waals surface area contributed by atoms with Crippen molar-refractivity contribution in [1.29, 1.82) is 0 Å². The molecule has 0 unspecified atom stereocenters. The molecule has 1 rings (SSSR count). The molecule has 0 N–H and O–H groups in total. The lowest BCUT2D eigenvalue weighted by Gasteiger charge is -2.07. The van der Waals surface area contributed by atoms with E-state index in [1.54, 1.807) is 12.1 Å². The summed E-state index contributed by atoms with van der Waals surface area (Å²) >= 11 is 0. The van der Waals surface area contributed by atoms with E-state index >= 15 is 0 Å². The Hall–Kier alpha value is -1.38. The van der Waals surface area contributed by atoms with Gasteiger partial charge in [0.25, 0.3) is 5.69 Å². The molecule has 0 saturated carbocycles. The Bertz CT molecular complexity index is 359. The second-order valence-electron chi connectivity index (χ2n) is 4.30. The minimum Gasteiger partial charge on any atom is -0.258 e. The van der Waals surface area contributed by atoms with Crippen molar-refractivity contribution < 1.29 is 4.92 Å². The van der Waals surface area contributed by atoms with E-state index in [0.717, 1.165) is 24.0 Å². The lowest BCUT2D eigenvalue weighted by Crippen LogP contribution is -1.96. The summed E-state index contributed by atoms with van der Waals surface area (Å²) in [4.78, 5) is 10.3. The molecule has 0 fully saturated rings. The molecular weight excluding hydrogens is 190 g/mol. The Kier molecular flexibility index (Phi) is 3.83. The van der Waals surface area contributed by atoms with Crippen molar-refractivity contribution in [2.75, 3.05) is 0 Å². The van der Waals surface area contributed by atoms with E-state index in [1.165, 1.54) is 0 Å². The summed E-state index contributed by atoms with van der Waals surface area (Å²) in [5, 5.41) is 10.6. The van der Waals surface area contributed by atoms with Gasteiger partial charge >= 0.3 is 0 Å². The summed E-state index contributed by atoms with van der Waals surface area (Å²) in [7, 11) is 0. The van der Waals surface area contributed by atoms with Gasteiger partial charge in [0, 0.05) is 12.1 Å². The van der Waals surface area contributed by atoms with Gasteiger partial charge in [0.15, 0.2) is 0 Å². The molecule has 1 aromatic rings. The van der Waals surface area contributed by atoms with Gasteiger partial charge in [0.2, 0.25) is 0 Å². The lowest BCUT2D eigenvalue weighted by atomic mass is 9.99. The molecule has 3 heteroatoms. The van der Waals surface area contributed by atoms with Crippen molar-refractivity contribution in [3.05, 3.63) is 39.4 Å². The quantitative estimate of drug-likeness (QED) is 0.560. The fourth-order valence-electron chi connectivity index (χ4n) is 1.48. The number of nitro benzene ring substituents is 1. The highest BCUT2D eigenvalue weighted by Crippen LogP contribution is 2.19. The number of non-ortho nitro benzene ring substituents is 1. The summed E-state index contributed by atoms with van der Waals surface area (Å²) < 4.78 is 0. The van der Waals surface area contributed by atoms with Gasteiger partial charge in [0.1, 0.15) is 0 Å². The van der Waals surface area contributed by atoms with Crippen LogP contribution in [-0.2, 0) is 6.42 Å². The topological polar surface area (TPSA) is 43.1 Å². The fourth-order valence-corrected chi connectivity index (χ4v) is 1.48. The van der Waals surface area contributed by atoms with Crippen molar-refractivity contribution in [2.45, 2.75) is 33.6 Å². The van der Waals surface area contributed by atoms with Crippen LogP contribution in [0.1, 0.15) is 31.4 Å². The molecule has 0 amide bonds. The summed E-state index contributed by atoms with van der Waals surface area (Å²) in [5.41, 5.74) is 2.43. The standard InChI is InChI=1S/C12H17NO2/c1-9(2)4-6-11-8-12(13(14)15)7-5-10(11)3/h5,7-9H,4,6H2,1-3H3. The van der Waals surface area contributed by atoms with Crippen molar-refractivity contribution in [3.8, 4) is 0 Å². The Morgan fingerprint density at radius 1 is 1.40 bits per heavy atom. The number of aryl methyl sites for hydroxylation is 2. The molecule has 0 heterocycles. The van der Waals surface area contributed by atoms with Crippen molar-refractivity contribution in [1.82, 2.24) is 0 Å². The summed E-state index contributed by atoms with van der Waals surface area (Å²) in [6.07, 6.45) is 1.99. The van der Waals surface area contributed by atoms with Crippen LogP contribution >= 0.6 is 0 Å². The first-order valence-electron chi connectivity index (χ1n) is 5.24. The first kappa shape index (κ1) is 11.7. The Morgan fingerprint density at radius 3 is 2.60 bits per heavy atom. The largest absolute Gasteiger partial charge is 0.269 e. The molecule has 0 aliphatic heterocycles. The Morgan fingerprint density at radius 2 is 2.07 bits per heavy atom. The van der Waals surface area contributed by atoms with Gasteiger partial charge in [-0.05, 0) is 36.8 Å². The zero-order chi connectivity index (χ0) is 11.4. The maximum atomic E-state index is 10.6. The second-order valence-corrected chi connectivity index (χ2v) is 4.30. The highest BCUT2D eigenvalue weighted by Gasteiger charge is 2.08. The predicted molar refractivity (Wildman–Crippen MR) is 61.0 cm³/mol. The van der Waals surface area contributed by atoms with Crippen LogP contribution in [-0.4, -0.2) is 4.92 Å². The van der Waals surface area contributed by atoms with Crippen LogP contribution < -0.4 is 0 Å². The van der Waals surface area contributed by atoms with Gasteiger partial charge in [-0.15, -0.1) is 0 Å². The van der Waals surface area contributed by atoms with Crippen LogP contribution in [0.4, 0.5) is 5.69 Å². The Labute approximate surface area is 90.3 Å². The smallest absolute Gasteiger partial charge is 0.258 e. The normalized spacial score (nSPS) is 10.7. The van der Waals surface area contributed by atoms with Crippen LogP contribution in [0, 0.1) is 23.0 Å². The third kappa shape index (κ3) is 3.35. The molecule has 0 aromatic heterocycles.